The van der Waals surface area contributed by atoms with Crippen LogP contribution >= 0.6 is 0 Å². The second-order valence-electron chi connectivity index (χ2n) is 3.61. The Balaban J connectivity index is 3.23. The molecule has 1 N–H and O–H groups in total. The third-order valence-electron chi connectivity index (χ3n) is 1.98. The minimum atomic E-state index is -3.60. The summed E-state index contributed by atoms with van der Waals surface area (Å²) in [6.45, 7) is 1.89. The van der Waals surface area contributed by atoms with Crippen LogP contribution < -0.4 is 0 Å². The van der Waals surface area contributed by atoms with Crippen molar-refractivity contribution in [2.45, 2.75) is 25.4 Å². The molecule has 0 bridgehead atoms. The number of alkyl halides is 2. The van der Waals surface area contributed by atoms with Gasteiger partial charge in [-0.1, -0.05) is 12.1 Å². The highest BCUT2D eigenvalue weighted by atomic mass is 19.3. The van der Waals surface area contributed by atoms with E-state index in [2.05, 4.69) is 0 Å². The number of aliphatic hydroxyl groups is 1. The summed E-state index contributed by atoms with van der Waals surface area (Å²) < 4.78 is 39.9. The second kappa shape index (κ2) is 3.28. The highest BCUT2D eigenvalue weighted by Crippen LogP contribution is 2.39. The molecule has 0 aliphatic carbocycles. The molecule has 0 heterocycles. The van der Waals surface area contributed by atoms with Crippen molar-refractivity contribution in [2.75, 3.05) is 0 Å². The summed E-state index contributed by atoms with van der Waals surface area (Å²) in [7, 11) is 0. The SMILES string of the molecule is CC(C)(O)C(F)(F)c1ccccc1F. The normalized spacial score (nSPS) is 13.0. The van der Waals surface area contributed by atoms with Crippen LogP contribution in [-0.4, -0.2) is 10.7 Å². The average Bonchev–Trinajstić information content (AvgIpc) is 2.02. The Morgan fingerprint density at radius 1 is 1.14 bits per heavy atom. The zero-order valence-electron chi connectivity index (χ0n) is 7.89. The van der Waals surface area contributed by atoms with Crippen molar-refractivity contribution in [3.05, 3.63) is 35.6 Å². The van der Waals surface area contributed by atoms with Gasteiger partial charge in [-0.25, -0.2) is 4.39 Å². The first-order chi connectivity index (χ1) is 6.27. The van der Waals surface area contributed by atoms with Gasteiger partial charge in [0.25, 0.3) is 0 Å². The first kappa shape index (κ1) is 11.0. The fourth-order valence-corrected chi connectivity index (χ4v) is 1.05. The fourth-order valence-electron chi connectivity index (χ4n) is 1.05. The molecule has 0 atom stereocenters. The Morgan fingerprint density at radius 3 is 2.07 bits per heavy atom. The molecular formula is C10H11F3O. The van der Waals surface area contributed by atoms with E-state index in [1.165, 1.54) is 12.1 Å². The topological polar surface area (TPSA) is 20.2 Å². The smallest absolute Gasteiger partial charge is 0.303 e. The van der Waals surface area contributed by atoms with E-state index in [-0.39, 0.29) is 0 Å². The van der Waals surface area contributed by atoms with Crippen LogP contribution in [0, 0.1) is 5.82 Å². The van der Waals surface area contributed by atoms with E-state index in [1.54, 1.807) is 0 Å². The van der Waals surface area contributed by atoms with E-state index in [4.69, 9.17) is 0 Å². The molecule has 0 aliphatic heterocycles. The maximum atomic E-state index is 13.4. The molecule has 14 heavy (non-hydrogen) atoms. The summed E-state index contributed by atoms with van der Waals surface area (Å²) in [5, 5.41) is 9.21. The lowest BCUT2D eigenvalue weighted by Gasteiger charge is -2.29. The molecule has 1 aromatic rings. The van der Waals surface area contributed by atoms with Crippen LogP contribution in [0.1, 0.15) is 19.4 Å². The second-order valence-corrected chi connectivity index (χ2v) is 3.61. The van der Waals surface area contributed by atoms with Crippen LogP contribution in [0.5, 0.6) is 0 Å². The van der Waals surface area contributed by atoms with Gasteiger partial charge < -0.3 is 5.11 Å². The monoisotopic (exact) mass is 204 g/mol. The van der Waals surface area contributed by atoms with Crippen LogP contribution in [0.3, 0.4) is 0 Å². The zero-order chi connectivity index (χ0) is 11.0. The molecule has 1 nitrogen and oxygen atoms in total. The Labute approximate surface area is 80.2 Å². The Morgan fingerprint density at radius 2 is 1.64 bits per heavy atom. The largest absolute Gasteiger partial charge is 0.384 e. The van der Waals surface area contributed by atoms with Crippen molar-refractivity contribution in [2.24, 2.45) is 0 Å². The molecule has 0 saturated heterocycles. The zero-order valence-corrected chi connectivity index (χ0v) is 7.89. The van der Waals surface area contributed by atoms with Crippen molar-refractivity contribution >= 4 is 0 Å². The maximum absolute atomic E-state index is 13.4. The Kier molecular flexibility index (Phi) is 2.58. The predicted octanol–water partition coefficient (Wildman–Crippen LogP) is 2.69. The lowest BCUT2D eigenvalue weighted by Crippen LogP contribution is -2.40. The molecule has 0 unspecified atom stereocenters. The van der Waals surface area contributed by atoms with Gasteiger partial charge in [0.05, 0.1) is 5.56 Å². The summed E-state index contributed by atoms with van der Waals surface area (Å²) in [5.41, 5.74) is -3.07. The van der Waals surface area contributed by atoms with Crippen LogP contribution in [0.25, 0.3) is 0 Å². The average molecular weight is 204 g/mol. The quantitative estimate of drug-likeness (QED) is 0.785. The predicted molar refractivity (Wildman–Crippen MR) is 46.6 cm³/mol. The van der Waals surface area contributed by atoms with Crippen molar-refractivity contribution in [3.8, 4) is 0 Å². The van der Waals surface area contributed by atoms with Crippen molar-refractivity contribution in [3.63, 3.8) is 0 Å². The summed E-state index contributed by atoms with van der Waals surface area (Å²) >= 11 is 0. The molecule has 0 amide bonds. The van der Waals surface area contributed by atoms with E-state index in [0.29, 0.717) is 0 Å². The van der Waals surface area contributed by atoms with Crippen LogP contribution in [0.15, 0.2) is 24.3 Å². The van der Waals surface area contributed by atoms with Gasteiger partial charge in [0.15, 0.2) is 0 Å². The molecular weight excluding hydrogens is 193 g/mol. The van der Waals surface area contributed by atoms with E-state index in [1.807, 2.05) is 0 Å². The van der Waals surface area contributed by atoms with Crippen molar-refractivity contribution in [1.29, 1.82) is 0 Å². The first-order valence-corrected chi connectivity index (χ1v) is 4.12. The number of hydrogen-bond donors (Lipinski definition) is 1. The first-order valence-electron chi connectivity index (χ1n) is 4.12. The summed E-state index contributed by atoms with van der Waals surface area (Å²) in [4.78, 5) is 0. The van der Waals surface area contributed by atoms with Gasteiger partial charge in [0.2, 0.25) is 0 Å². The lowest BCUT2D eigenvalue weighted by atomic mass is 9.93. The van der Waals surface area contributed by atoms with Gasteiger partial charge in [0.1, 0.15) is 11.4 Å². The van der Waals surface area contributed by atoms with Crippen LogP contribution in [0.2, 0.25) is 0 Å². The summed E-state index contributed by atoms with van der Waals surface area (Å²) in [6, 6.07) is 4.53. The number of benzene rings is 1. The summed E-state index contributed by atoms with van der Waals surface area (Å²) in [5.74, 6) is -4.61. The van der Waals surface area contributed by atoms with Gasteiger partial charge in [-0.15, -0.1) is 0 Å². The van der Waals surface area contributed by atoms with Crippen LogP contribution in [0.4, 0.5) is 13.2 Å². The third kappa shape index (κ3) is 1.75. The number of hydrogen-bond acceptors (Lipinski definition) is 1. The molecule has 0 fully saturated rings. The third-order valence-corrected chi connectivity index (χ3v) is 1.98. The highest BCUT2D eigenvalue weighted by molar-refractivity contribution is 5.24. The standard InChI is InChI=1S/C10H11F3O/c1-9(2,14)10(12,13)7-5-3-4-6-8(7)11/h3-6,14H,1-2H3. The molecule has 4 heteroatoms. The van der Waals surface area contributed by atoms with E-state index < -0.39 is 22.9 Å². The molecule has 0 saturated carbocycles. The lowest BCUT2D eigenvalue weighted by molar-refractivity contribution is -0.170. The molecule has 0 aromatic heterocycles. The minimum absolute atomic E-state index is 0.785. The number of rotatable bonds is 2. The molecule has 0 radical (unpaired) electrons. The van der Waals surface area contributed by atoms with Crippen LogP contribution in [-0.2, 0) is 5.92 Å². The molecule has 1 rings (SSSR count). The highest BCUT2D eigenvalue weighted by Gasteiger charge is 2.48. The van der Waals surface area contributed by atoms with Crippen molar-refractivity contribution in [1.82, 2.24) is 0 Å². The fraction of sp³-hybridized carbons (Fsp3) is 0.400. The molecule has 0 spiro atoms. The van der Waals surface area contributed by atoms with Gasteiger partial charge in [-0.05, 0) is 26.0 Å². The maximum Gasteiger partial charge on any atom is 0.303 e. The summed E-state index contributed by atoms with van der Waals surface area (Å²) in [6.07, 6.45) is 0. The minimum Gasteiger partial charge on any atom is -0.384 e. The van der Waals surface area contributed by atoms with Crippen molar-refractivity contribution < 1.29 is 18.3 Å². The Bertz CT molecular complexity index is 328. The molecule has 1 aromatic carbocycles. The van der Waals surface area contributed by atoms with E-state index >= 15 is 0 Å². The van der Waals surface area contributed by atoms with Gasteiger partial charge in [-0.2, -0.15) is 8.78 Å². The van der Waals surface area contributed by atoms with Gasteiger partial charge in [0, 0.05) is 0 Å². The van der Waals surface area contributed by atoms with Gasteiger partial charge in [-0.3, -0.25) is 0 Å². The molecule has 0 aliphatic rings. The van der Waals surface area contributed by atoms with E-state index in [0.717, 1.165) is 26.0 Å². The van der Waals surface area contributed by atoms with Gasteiger partial charge >= 0.3 is 5.92 Å². The van der Waals surface area contributed by atoms with E-state index in [9.17, 15) is 18.3 Å². The number of halogens is 3. The molecule has 78 valence electrons. The Hall–Kier alpha value is -1.03.